The monoisotopic (exact) mass is 113 g/mol. The summed E-state index contributed by atoms with van der Waals surface area (Å²) >= 11 is 0. The molecule has 0 bridgehead atoms. The van der Waals surface area contributed by atoms with E-state index in [1.807, 2.05) is 0 Å². The van der Waals surface area contributed by atoms with Crippen LogP contribution in [0.2, 0.25) is 0 Å². The fourth-order valence-corrected chi connectivity index (χ4v) is 0.569. The summed E-state index contributed by atoms with van der Waals surface area (Å²) in [6.07, 6.45) is 2.08. The molecule has 1 aliphatic heterocycles. The van der Waals surface area contributed by atoms with Crippen molar-refractivity contribution in [1.82, 2.24) is 0 Å². The van der Waals surface area contributed by atoms with Gasteiger partial charge in [-0.1, -0.05) is 0 Å². The molecule has 0 unspecified atom stereocenters. The molecular formula is C5H7NO2. The number of hydrogen-bond donors (Lipinski definition) is 1. The van der Waals surface area contributed by atoms with Crippen LogP contribution < -0.4 is 5.73 Å². The molecule has 3 nitrogen and oxygen atoms in total. The van der Waals surface area contributed by atoms with Crippen molar-refractivity contribution in [3.8, 4) is 0 Å². The number of carbonyl (C=O) groups excluding carboxylic acids is 1. The topological polar surface area (TPSA) is 52.3 Å². The fourth-order valence-electron chi connectivity index (χ4n) is 0.569. The first-order chi connectivity index (χ1) is 3.80. The summed E-state index contributed by atoms with van der Waals surface area (Å²) in [6, 6.07) is 0. The summed E-state index contributed by atoms with van der Waals surface area (Å²) in [5.41, 5.74) is 5.50. The van der Waals surface area contributed by atoms with Crippen LogP contribution in [-0.2, 0) is 9.53 Å². The Labute approximate surface area is 47.1 Å². The molecule has 3 heteroatoms. The summed E-state index contributed by atoms with van der Waals surface area (Å²) in [5, 5.41) is 0. The molecule has 0 fully saturated rings. The number of ether oxygens (including phenoxy) is 1. The van der Waals surface area contributed by atoms with Crippen LogP contribution in [0.3, 0.4) is 0 Å². The molecule has 8 heavy (non-hydrogen) atoms. The summed E-state index contributed by atoms with van der Waals surface area (Å²) < 4.78 is 4.76. The Morgan fingerprint density at radius 2 is 2.62 bits per heavy atom. The lowest BCUT2D eigenvalue weighted by molar-refractivity contribution is -0.114. The van der Waals surface area contributed by atoms with Gasteiger partial charge < -0.3 is 10.5 Å². The number of rotatable bonds is 1. The molecule has 0 radical (unpaired) electrons. The highest BCUT2D eigenvalue weighted by Gasteiger charge is 2.09. The largest absolute Gasteiger partial charge is 0.500 e. The van der Waals surface area contributed by atoms with Gasteiger partial charge in [0.25, 0.3) is 0 Å². The molecule has 0 aromatic rings. The molecule has 2 N–H and O–H groups in total. The van der Waals surface area contributed by atoms with Crippen LogP contribution in [0.4, 0.5) is 0 Å². The molecule has 0 saturated heterocycles. The Balaban J connectivity index is 2.57. The van der Waals surface area contributed by atoms with Gasteiger partial charge in [-0.3, -0.25) is 4.79 Å². The van der Waals surface area contributed by atoms with Crippen molar-refractivity contribution in [3.63, 3.8) is 0 Å². The van der Waals surface area contributed by atoms with E-state index in [0.717, 1.165) is 0 Å². The van der Waals surface area contributed by atoms with Crippen LogP contribution in [0, 0.1) is 0 Å². The predicted octanol–water partition coefficient (Wildman–Crippen LogP) is -0.224. The van der Waals surface area contributed by atoms with Gasteiger partial charge in [0.2, 0.25) is 5.91 Å². The third kappa shape index (κ3) is 0.804. The third-order valence-corrected chi connectivity index (χ3v) is 1.03. The zero-order chi connectivity index (χ0) is 5.98. The Kier molecular flexibility index (Phi) is 1.20. The zero-order valence-electron chi connectivity index (χ0n) is 4.39. The van der Waals surface area contributed by atoms with Crippen LogP contribution in [0.1, 0.15) is 6.42 Å². The minimum atomic E-state index is -0.373. The minimum Gasteiger partial charge on any atom is -0.500 e. The summed E-state index contributed by atoms with van der Waals surface area (Å²) in [5.74, 6) is -0.373. The molecule has 1 aliphatic rings. The van der Waals surface area contributed by atoms with E-state index in [1.54, 1.807) is 0 Å². The van der Waals surface area contributed by atoms with Gasteiger partial charge >= 0.3 is 0 Å². The first kappa shape index (κ1) is 5.15. The molecule has 0 aromatic carbocycles. The Bertz CT molecular complexity index is 139. The smallest absolute Gasteiger partial charge is 0.247 e. The van der Waals surface area contributed by atoms with Gasteiger partial charge in [-0.25, -0.2) is 0 Å². The minimum absolute atomic E-state index is 0.373. The number of primary amides is 1. The average Bonchev–Trinajstić information content (AvgIpc) is 2.12. The highest BCUT2D eigenvalue weighted by Crippen LogP contribution is 2.07. The van der Waals surface area contributed by atoms with Crippen LogP contribution >= 0.6 is 0 Å². The molecule has 0 saturated carbocycles. The van der Waals surface area contributed by atoms with Crippen LogP contribution in [0.15, 0.2) is 11.8 Å². The van der Waals surface area contributed by atoms with Gasteiger partial charge in [-0.2, -0.15) is 0 Å². The van der Waals surface area contributed by atoms with Gasteiger partial charge in [0, 0.05) is 6.42 Å². The highest BCUT2D eigenvalue weighted by molar-refractivity contribution is 5.91. The maximum Gasteiger partial charge on any atom is 0.247 e. The van der Waals surface area contributed by atoms with Crippen molar-refractivity contribution in [3.05, 3.63) is 11.8 Å². The van der Waals surface area contributed by atoms with E-state index in [-0.39, 0.29) is 5.91 Å². The van der Waals surface area contributed by atoms with E-state index in [2.05, 4.69) is 0 Å². The molecule has 0 spiro atoms. The second-order valence-corrected chi connectivity index (χ2v) is 1.63. The van der Waals surface area contributed by atoms with Crippen molar-refractivity contribution in [2.75, 3.05) is 6.61 Å². The van der Waals surface area contributed by atoms with Gasteiger partial charge in [0.1, 0.15) is 0 Å². The first-order valence-corrected chi connectivity index (χ1v) is 2.41. The normalized spacial score (nSPS) is 17.2. The molecule has 1 amide bonds. The van der Waals surface area contributed by atoms with Gasteiger partial charge in [0.15, 0.2) is 0 Å². The fraction of sp³-hybridized carbons (Fsp3) is 0.400. The Morgan fingerprint density at radius 3 is 2.88 bits per heavy atom. The van der Waals surface area contributed by atoms with Crippen LogP contribution in [0.5, 0.6) is 0 Å². The molecule has 0 atom stereocenters. The van der Waals surface area contributed by atoms with Crippen LogP contribution in [-0.4, -0.2) is 12.5 Å². The highest BCUT2D eigenvalue weighted by atomic mass is 16.5. The standard InChI is InChI=1S/C5H7NO2/c6-5(7)4-1-2-8-3-4/h3H,1-2H2,(H2,6,7). The SMILES string of the molecule is NC(=O)C1=COCC1. The molecule has 1 rings (SSSR count). The maximum absolute atomic E-state index is 10.3. The number of carbonyl (C=O) groups is 1. The Hall–Kier alpha value is -0.990. The molecule has 1 heterocycles. The number of nitrogens with two attached hydrogens (primary N) is 1. The first-order valence-electron chi connectivity index (χ1n) is 2.41. The quantitative estimate of drug-likeness (QED) is 0.511. The van der Waals surface area contributed by atoms with Crippen molar-refractivity contribution in [2.24, 2.45) is 5.73 Å². The van der Waals surface area contributed by atoms with Gasteiger partial charge in [-0.05, 0) is 0 Å². The molecular weight excluding hydrogens is 106 g/mol. The van der Waals surface area contributed by atoms with E-state index in [0.29, 0.717) is 18.6 Å². The number of hydrogen-bond acceptors (Lipinski definition) is 2. The van der Waals surface area contributed by atoms with E-state index >= 15 is 0 Å². The third-order valence-electron chi connectivity index (χ3n) is 1.03. The molecule has 0 aliphatic carbocycles. The van der Waals surface area contributed by atoms with Crippen molar-refractivity contribution < 1.29 is 9.53 Å². The van der Waals surface area contributed by atoms with E-state index in [1.165, 1.54) is 6.26 Å². The maximum atomic E-state index is 10.3. The van der Waals surface area contributed by atoms with Gasteiger partial charge in [-0.15, -0.1) is 0 Å². The molecule has 44 valence electrons. The second-order valence-electron chi connectivity index (χ2n) is 1.63. The summed E-state index contributed by atoms with van der Waals surface area (Å²) in [7, 11) is 0. The van der Waals surface area contributed by atoms with Crippen molar-refractivity contribution in [1.29, 1.82) is 0 Å². The Morgan fingerprint density at radius 1 is 1.88 bits per heavy atom. The number of amides is 1. The summed E-state index contributed by atoms with van der Waals surface area (Å²) in [4.78, 5) is 10.3. The van der Waals surface area contributed by atoms with E-state index < -0.39 is 0 Å². The van der Waals surface area contributed by atoms with E-state index in [4.69, 9.17) is 10.5 Å². The molecule has 0 aromatic heterocycles. The lowest BCUT2D eigenvalue weighted by atomic mass is 10.2. The second kappa shape index (κ2) is 1.86. The lowest BCUT2D eigenvalue weighted by Gasteiger charge is -1.85. The average molecular weight is 113 g/mol. The predicted molar refractivity (Wildman–Crippen MR) is 27.8 cm³/mol. The zero-order valence-corrected chi connectivity index (χ0v) is 4.39. The lowest BCUT2D eigenvalue weighted by Crippen LogP contribution is -2.12. The van der Waals surface area contributed by atoms with Crippen molar-refractivity contribution >= 4 is 5.91 Å². The van der Waals surface area contributed by atoms with Crippen LogP contribution in [0.25, 0.3) is 0 Å². The summed E-state index contributed by atoms with van der Waals surface area (Å²) in [6.45, 7) is 0.596. The van der Waals surface area contributed by atoms with Gasteiger partial charge in [0.05, 0.1) is 18.4 Å². The van der Waals surface area contributed by atoms with Crippen molar-refractivity contribution in [2.45, 2.75) is 6.42 Å². The van der Waals surface area contributed by atoms with E-state index in [9.17, 15) is 4.79 Å².